The highest BCUT2D eigenvalue weighted by molar-refractivity contribution is 5.49. The number of aliphatic hydroxyl groups is 1. The van der Waals surface area contributed by atoms with E-state index in [1.54, 1.807) is 28.4 Å². The van der Waals surface area contributed by atoms with Crippen LogP contribution in [0.5, 0.6) is 0 Å². The highest BCUT2D eigenvalue weighted by Gasteiger charge is 2.58. The molecule has 6 heterocycles. The van der Waals surface area contributed by atoms with Crippen LogP contribution in [-0.2, 0) is 72.8 Å². The van der Waals surface area contributed by atoms with Gasteiger partial charge >= 0.3 is 0 Å². The molecule has 6 saturated heterocycles. The van der Waals surface area contributed by atoms with Gasteiger partial charge in [-0.05, 0) is 123 Å². The van der Waals surface area contributed by atoms with Crippen LogP contribution in [0.1, 0.15) is 118 Å². The summed E-state index contributed by atoms with van der Waals surface area (Å²) in [6.45, 7) is 25.8. The van der Waals surface area contributed by atoms with E-state index in [1.807, 2.05) is 66.7 Å². The maximum absolute atomic E-state index is 10.8. The van der Waals surface area contributed by atoms with Gasteiger partial charge in [-0.25, -0.2) is 0 Å². The molecular formula is C55H90O15. The van der Waals surface area contributed by atoms with Crippen LogP contribution in [0.15, 0.2) is 68.3 Å². The monoisotopic (exact) mass is 991 g/mol. The second-order valence-corrected chi connectivity index (χ2v) is 20.3. The minimum atomic E-state index is -0.618. The molecule has 6 fully saturated rings. The molecule has 6 aliphatic heterocycles. The second kappa shape index (κ2) is 29.4. The average Bonchev–Trinajstić information content (AvgIpc) is 4.15. The molecule has 0 bridgehead atoms. The van der Waals surface area contributed by atoms with Crippen molar-refractivity contribution in [1.82, 2.24) is 0 Å². The van der Waals surface area contributed by atoms with Crippen molar-refractivity contribution < 1.29 is 71.5 Å². The van der Waals surface area contributed by atoms with E-state index in [2.05, 4.69) is 54.8 Å². The number of carbonyl (C=O) groups is 1. The van der Waals surface area contributed by atoms with Gasteiger partial charge in [0.05, 0.1) is 18.3 Å². The lowest BCUT2D eigenvalue weighted by atomic mass is 9.90. The Bertz CT molecular complexity index is 1650. The molecule has 70 heavy (non-hydrogen) atoms. The van der Waals surface area contributed by atoms with E-state index in [4.69, 9.17) is 56.8 Å². The van der Waals surface area contributed by atoms with Gasteiger partial charge in [-0.1, -0.05) is 61.4 Å². The van der Waals surface area contributed by atoms with Crippen LogP contribution in [0, 0.1) is 17.8 Å². The van der Waals surface area contributed by atoms with Crippen molar-refractivity contribution in [2.45, 2.75) is 210 Å². The molecule has 3 unspecified atom stereocenters. The zero-order valence-corrected chi connectivity index (χ0v) is 44.3. The number of ether oxygens (including phenoxy) is 13. The van der Waals surface area contributed by atoms with Crippen molar-refractivity contribution in [3.63, 3.8) is 0 Å². The molecule has 0 amide bonds. The van der Waals surface area contributed by atoms with Gasteiger partial charge in [0.15, 0.2) is 36.2 Å². The van der Waals surface area contributed by atoms with E-state index in [9.17, 15) is 9.90 Å². The fourth-order valence-electron chi connectivity index (χ4n) is 10.2. The third-order valence-corrected chi connectivity index (χ3v) is 13.4. The van der Waals surface area contributed by atoms with Crippen LogP contribution in [0.4, 0.5) is 0 Å². The molecule has 0 aliphatic carbocycles. The fraction of sp³-hybridized carbons (Fsp3) is 0.764. The molecule has 7 rings (SSSR count). The van der Waals surface area contributed by atoms with Crippen LogP contribution in [-0.4, -0.2) is 144 Å². The Morgan fingerprint density at radius 2 is 0.943 bits per heavy atom. The van der Waals surface area contributed by atoms with E-state index in [1.165, 1.54) is 24.8 Å². The molecule has 15 atom stereocenters. The van der Waals surface area contributed by atoms with Gasteiger partial charge in [0.1, 0.15) is 42.9 Å². The van der Waals surface area contributed by atoms with Gasteiger partial charge in [0.2, 0.25) is 0 Å². The first kappa shape index (κ1) is 60.1. The number of carbonyl (C=O) groups excluding carboxylic acids is 1. The van der Waals surface area contributed by atoms with Crippen molar-refractivity contribution in [2.24, 2.45) is 17.8 Å². The van der Waals surface area contributed by atoms with Crippen LogP contribution in [0.25, 0.3) is 0 Å². The Labute approximate surface area is 420 Å². The summed E-state index contributed by atoms with van der Waals surface area (Å²) in [7, 11) is 6.56. The number of hydrogen-bond acceptors (Lipinski definition) is 15. The van der Waals surface area contributed by atoms with Crippen LogP contribution in [0.3, 0.4) is 0 Å². The maximum Gasteiger partial charge on any atom is 0.186 e. The Kier molecular flexibility index (Phi) is 25.3. The highest BCUT2D eigenvalue weighted by Crippen LogP contribution is 2.44. The second-order valence-electron chi connectivity index (χ2n) is 20.3. The minimum Gasteiger partial charge on any atom is -0.396 e. The van der Waals surface area contributed by atoms with Gasteiger partial charge < -0.3 is 71.5 Å². The van der Waals surface area contributed by atoms with Crippen molar-refractivity contribution in [3.8, 4) is 0 Å². The summed E-state index contributed by atoms with van der Waals surface area (Å²) in [6.07, 6.45) is 14.6. The van der Waals surface area contributed by atoms with Gasteiger partial charge in [-0.3, -0.25) is 0 Å². The lowest BCUT2D eigenvalue weighted by molar-refractivity contribution is -0.228. The quantitative estimate of drug-likeness (QED) is 0.0594. The number of methoxy groups -OCH3 is 4. The van der Waals surface area contributed by atoms with Gasteiger partial charge in [-0.2, -0.15) is 0 Å². The zero-order chi connectivity index (χ0) is 51.5. The molecule has 1 aromatic carbocycles. The van der Waals surface area contributed by atoms with Gasteiger partial charge in [-0.15, -0.1) is 19.7 Å². The van der Waals surface area contributed by atoms with Crippen molar-refractivity contribution in [1.29, 1.82) is 0 Å². The summed E-state index contributed by atoms with van der Waals surface area (Å²) < 4.78 is 74.1. The van der Waals surface area contributed by atoms with E-state index in [-0.39, 0.29) is 79.7 Å². The first-order chi connectivity index (χ1) is 33.4. The number of hydrogen-bond donors (Lipinski definition) is 1. The van der Waals surface area contributed by atoms with E-state index < -0.39 is 29.9 Å². The average molecular weight is 991 g/mol. The Morgan fingerprint density at radius 3 is 1.31 bits per heavy atom. The number of fused-ring (bicyclic) bond motifs is 3. The molecule has 0 saturated carbocycles. The summed E-state index contributed by atoms with van der Waals surface area (Å²) in [5, 5.41) is 9.38. The first-order valence-electron chi connectivity index (χ1n) is 25.5. The Balaban J connectivity index is 0.000000224. The Hall–Kier alpha value is -2.45. The van der Waals surface area contributed by atoms with E-state index in [0.717, 1.165) is 51.4 Å². The van der Waals surface area contributed by atoms with Crippen LogP contribution < -0.4 is 0 Å². The van der Waals surface area contributed by atoms with Crippen LogP contribution in [0.2, 0.25) is 0 Å². The lowest BCUT2D eigenvalue weighted by Crippen LogP contribution is -2.31. The van der Waals surface area contributed by atoms with Crippen LogP contribution >= 0.6 is 0 Å². The number of unbranched alkanes of at least 4 members (excludes halogenated alkanes) is 1. The maximum atomic E-state index is 10.8. The Morgan fingerprint density at radius 1 is 0.571 bits per heavy atom. The third kappa shape index (κ3) is 17.9. The molecule has 6 aliphatic rings. The standard InChI is InChI=1S/C23H34O4.C15H24O5.C14H24O5.C3H8O/c1-5-11-18(15-10-9-14-17-12-7-6-8-13-17)16-19-20-21(22(24-4)25-19)27-23(2,3)26-20;1-5-6-10(7-8-16)9-11-12-13(14(17-4)18-11)20-15(2,3)19-12;1-5-6-9(8-15)7-10-11-12(13(16-4)17-10)19-14(2,3)18-11;1-3-4-2/h5-8,12-13,18-22H,1,9-11,14-16H2,2-4H3;5,8,10-14H,1,6-7,9H2,2-4H3;5,9-13,15H,1,6-8H2,2-4H3;3H2,1-2H3/t18-,19-,20?,21+,22-;10-,11-,12?,13+,14-;9-,10+,11?,12-,13+;/m110./s1. The fourth-order valence-corrected chi connectivity index (χ4v) is 10.2. The van der Waals surface area contributed by atoms with E-state index in [0.29, 0.717) is 18.8 Å². The molecule has 1 N–H and O–H groups in total. The number of aryl methyl sites for hydroxylation is 1. The van der Waals surface area contributed by atoms with Gasteiger partial charge in [0, 0.05) is 48.1 Å². The number of allylic oxidation sites excluding steroid dienone is 3. The molecule has 0 spiro atoms. The molecular weight excluding hydrogens is 901 g/mol. The molecule has 15 nitrogen and oxygen atoms in total. The van der Waals surface area contributed by atoms with Gasteiger partial charge in [0.25, 0.3) is 0 Å². The predicted molar refractivity (Wildman–Crippen MR) is 267 cm³/mol. The first-order valence-corrected chi connectivity index (χ1v) is 25.5. The summed E-state index contributed by atoms with van der Waals surface area (Å²) in [5.74, 6) is -0.900. The molecule has 1 aromatic rings. The summed E-state index contributed by atoms with van der Waals surface area (Å²) in [5.41, 5.74) is 1.42. The van der Waals surface area contributed by atoms with Crippen molar-refractivity contribution >= 4 is 6.29 Å². The molecule has 0 radical (unpaired) electrons. The minimum absolute atomic E-state index is 0.0146. The highest BCUT2D eigenvalue weighted by atomic mass is 16.8. The molecule has 15 heteroatoms. The third-order valence-electron chi connectivity index (χ3n) is 13.4. The normalized spacial score (nSPS) is 32.9. The number of aliphatic hydroxyl groups excluding tert-OH is 1. The molecule has 0 aromatic heterocycles. The van der Waals surface area contributed by atoms with E-state index >= 15 is 0 Å². The summed E-state index contributed by atoms with van der Waals surface area (Å²) in [4.78, 5) is 10.8. The lowest BCUT2D eigenvalue weighted by Gasteiger charge is -2.26. The predicted octanol–water partition coefficient (Wildman–Crippen LogP) is 9.03. The topological polar surface area (TPSA) is 157 Å². The van der Waals surface area contributed by atoms with Crippen molar-refractivity contribution in [3.05, 3.63) is 73.9 Å². The SMILES string of the molecule is C=CC[C@H](CC=O)C[C@H]1O[C@@H](OC)[C@H]2OC(C)(C)OC12.C=CC[C@H](CCCCc1ccccc1)C[C@H]1O[C@@H](OC)[C@H]2OC(C)(C)OC12.C=CC[C@H](CO)C[C@H]1O[C@@H](OC)[C@H]2OC(C)(C)OC12.CCOC. The zero-order valence-electron chi connectivity index (χ0n) is 44.3. The number of rotatable bonds is 24. The number of benzene rings is 1. The summed E-state index contributed by atoms with van der Waals surface area (Å²) >= 11 is 0. The number of aldehydes is 1. The smallest absolute Gasteiger partial charge is 0.186 e. The molecule has 400 valence electrons. The van der Waals surface area contributed by atoms with Crippen molar-refractivity contribution in [2.75, 3.05) is 41.7 Å². The largest absolute Gasteiger partial charge is 0.396 e. The summed E-state index contributed by atoms with van der Waals surface area (Å²) in [6, 6.07) is 10.7.